The average molecular weight is 638 g/mol. The maximum atomic E-state index is 15.0. The van der Waals surface area contributed by atoms with Gasteiger partial charge in [0.05, 0.1) is 15.9 Å². The standard InChI is InChI=1S/C43H28NOPS/c45-46(33-14-3-1-4-15-33,34-16-5-2-6-17-34)35-18-11-13-32(28-35)29-22-24-31(25-23-29)41-43-40(37-20-9-10-21-39(37)47-43)38-27-26-30-12-7-8-19-36(30)42(38)44-41/h1-28H. The molecule has 0 aliphatic heterocycles. The van der Waals surface area contributed by atoms with E-state index in [0.717, 1.165) is 49.2 Å². The van der Waals surface area contributed by atoms with Crippen molar-refractivity contribution >= 4 is 76.2 Å². The van der Waals surface area contributed by atoms with E-state index in [9.17, 15) is 0 Å². The first-order valence-electron chi connectivity index (χ1n) is 15.7. The fraction of sp³-hybridized carbons (Fsp3) is 0. The Hall–Kier alpha value is -5.34. The van der Waals surface area contributed by atoms with Crippen LogP contribution in [0.15, 0.2) is 170 Å². The Morgan fingerprint density at radius 1 is 0.468 bits per heavy atom. The molecule has 0 aliphatic rings. The lowest BCUT2D eigenvalue weighted by Crippen LogP contribution is -2.25. The zero-order chi connectivity index (χ0) is 31.4. The van der Waals surface area contributed by atoms with Gasteiger partial charge in [0.2, 0.25) is 0 Å². The minimum absolute atomic E-state index is 0.825. The number of hydrogen-bond acceptors (Lipinski definition) is 3. The first-order valence-corrected chi connectivity index (χ1v) is 18.3. The van der Waals surface area contributed by atoms with Crippen molar-refractivity contribution in [3.05, 3.63) is 170 Å². The molecule has 0 amide bonds. The number of hydrogen-bond donors (Lipinski definition) is 0. The largest absolute Gasteiger partial charge is 0.309 e. The van der Waals surface area contributed by atoms with E-state index < -0.39 is 7.14 Å². The number of rotatable bonds is 5. The Labute approximate surface area is 277 Å². The Bertz CT molecular complexity index is 2600. The molecule has 0 spiro atoms. The van der Waals surface area contributed by atoms with E-state index in [1.165, 1.54) is 30.9 Å². The molecule has 4 heteroatoms. The van der Waals surface area contributed by atoms with E-state index in [4.69, 9.17) is 4.98 Å². The van der Waals surface area contributed by atoms with Gasteiger partial charge < -0.3 is 4.57 Å². The van der Waals surface area contributed by atoms with Crippen LogP contribution < -0.4 is 15.9 Å². The Morgan fingerprint density at radius 2 is 1.09 bits per heavy atom. The van der Waals surface area contributed by atoms with Crippen LogP contribution in [-0.2, 0) is 4.57 Å². The molecule has 47 heavy (non-hydrogen) atoms. The summed E-state index contributed by atoms with van der Waals surface area (Å²) in [6.07, 6.45) is 0. The van der Waals surface area contributed by atoms with Crippen LogP contribution in [0.5, 0.6) is 0 Å². The highest BCUT2D eigenvalue weighted by Crippen LogP contribution is 2.45. The summed E-state index contributed by atoms with van der Waals surface area (Å²) < 4.78 is 17.5. The van der Waals surface area contributed by atoms with E-state index in [2.05, 4.69) is 97.1 Å². The first kappa shape index (κ1) is 27.9. The minimum Gasteiger partial charge on any atom is -0.309 e. The predicted octanol–water partition coefficient (Wildman–Crippen LogP) is 10.7. The molecule has 0 radical (unpaired) electrons. The topological polar surface area (TPSA) is 30.0 Å². The molecule has 2 heterocycles. The van der Waals surface area contributed by atoms with Gasteiger partial charge in [-0.05, 0) is 28.6 Å². The van der Waals surface area contributed by atoms with Crippen LogP contribution >= 0.6 is 18.5 Å². The number of pyridine rings is 1. The van der Waals surface area contributed by atoms with Gasteiger partial charge in [0.15, 0.2) is 7.14 Å². The lowest BCUT2D eigenvalue weighted by molar-refractivity contribution is 0.592. The van der Waals surface area contributed by atoms with E-state index >= 15 is 4.57 Å². The number of fused-ring (bicyclic) bond motifs is 7. The lowest BCUT2D eigenvalue weighted by atomic mass is 9.98. The number of thiophene rings is 1. The molecule has 0 N–H and O–H groups in total. The molecule has 222 valence electrons. The quantitative estimate of drug-likeness (QED) is 0.139. The molecule has 2 nitrogen and oxygen atoms in total. The van der Waals surface area contributed by atoms with Gasteiger partial charge in [-0.25, -0.2) is 4.98 Å². The zero-order valence-corrected chi connectivity index (χ0v) is 27.1. The second kappa shape index (κ2) is 11.2. The van der Waals surface area contributed by atoms with Crippen LogP contribution in [0.1, 0.15) is 0 Å². The molecule has 0 aliphatic carbocycles. The fourth-order valence-electron chi connectivity index (χ4n) is 6.84. The smallest absolute Gasteiger partial charge is 0.171 e. The number of benzene rings is 7. The fourth-order valence-corrected chi connectivity index (χ4v) is 10.8. The van der Waals surface area contributed by atoms with Gasteiger partial charge in [-0.1, -0.05) is 158 Å². The summed E-state index contributed by atoms with van der Waals surface area (Å²) in [5.41, 5.74) is 5.22. The van der Waals surface area contributed by atoms with Crippen molar-refractivity contribution in [2.24, 2.45) is 0 Å². The van der Waals surface area contributed by atoms with E-state index in [1.54, 1.807) is 0 Å². The molecule has 0 fully saturated rings. The van der Waals surface area contributed by atoms with Gasteiger partial charge in [-0.3, -0.25) is 0 Å². The molecule has 0 unspecified atom stereocenters. The van der Waals surface area contributed by atoms with Crippen LogP contribution in [0.4, 0.5) is 0 Å². The van der Waals surface area contributed by atoms with Crippen molar-refractivity contribution in [2.45, 2.75) is 0 Å². The molecule has 7 aromatic carbocycles. The maximum absolute atomic E-state index is 15.0. The summed E-state index contributed by atoms with van der Waals surface area (Å²) in [7, 11) is -3.08. The number of nitrogens with zero attached hydrogens (tertiary/aromatic N) is 1. The molecule has 0 atom stereocenters. The van der Waals surface area contributed by atoms with Crippen molar-refractivity contribution in [3.63, 3.8) is 0 Å². The highest BCUT2D eigenvalue weighted by molar-refractivity contribution is 7.85. The molecule has 0 bridgehead atoms. The predicted molar refractivity (Wildman–Crippen MR) is 202 cm³/mol. The van der Waals surface area contributed by atoms with Gasteiger partial charge in [0, 0.05) is 47.7 Å². The van der Waals surface area contributed by atoms with Crippen molar-refractivity contribution in [2.75, 3.05) is 0 Å². The molecule has 0 saturated heterocycles. The summed E-state index contributed by atoms with van der Waals surface area (Å²) in [6, 6.07) is 58.2. The summed E-state index contributed by atoms with van der Waals surface area (Å²) in [4.78, 5) is 5.39. The van der Waals surface area contributed by atoms with Gasteiger partial charge >= 0.3 is 0 Å². The third-order valence-electron chi connectivity index (χ3n) is 9.15. The molecule has 9 rings (SSSR count). The third kappa shape index (κ3) is 4.54. The van der Waals surface area contributed by atoms with Crippen LogP contribution in [0.3, 0.4) is 0 Å². The lowest BCUT2D eigenvalue weighted by Gasteiger charge is -2.20. The van der Waals surface area contributed by atoms with Crippen LogP contribution in [0, 0.1) is 0 Å². The zero-order valence-electron chi connectivity index (χ0n) is 25.4. The monoisotopic (exact) mass is 637 g/mol. The minimum atomic E-state index is -3.08. The van der Waals surface area contributed by atoms with Crippen molar-refractivity contribution in [1.29, 1.82) is 0 Å². The van der Waals surface area contributed by atoms with E-state index in [0.29, 0.717) is 0 Å². The van der Waals surface area contributed by atoms with Crippen molar-refractivity contribution in [3.8, 4) is 22.4 Å². The van der Waals surface area contributed by atoms with Crippen LogP contribution in [0.2, 0.25) is 0 Å². The molecular formula is C43H28NOPS. The molecular weight excluding hydrogens is 610 g/mol. The Balaban J connectivity index is 1.19. The van der Waals surface area contributed by atoms with E-state index in [-0.39, 0.29) is 0 Å². The number of aromatic nitrogens is 1. The Morgan fingerprint density at radius 3 is 1.83 bits per heavy atom. The van der Waals surface area contributed by atoms with Crippen molar-refractivity contribution in [1.82, 2.24) is 4.98 Å². The van der Waals surface area contributed by atoms with Gasteiger partial charge in [-0.2, -0.15) is 0 Å². The van der Waals surface area contributed by atoms with Crippen LogP contribution in [-0.4, -0.2) is 4.98 Å². The average Bonchev–Trinajstić information content (AvgIpc) is 3.55. The maximum Gasteiger partial charge on any atom is 0.171 e. The molecule has 9 aromatic rings. The summed E-state index contributed by atoms with van der Waals surface area (Å²) >= 11 is 1.81. The first-order chi connectivity index (χ1) is 23.2. The summed E-state index contributed by atoms with van der Waals surface area (Å²) in [6.45, 7) is 0. The third-order valence-corrected chi connectivity index (χ3v) is 13.4. The summed E-state index contributed by atoms with van der Waals surface area (Å²) in [5, 5.41) is 8.58. The highest BCUT2D eigenvalue weighted by Gasteiger charge is 2.29. The van der Waals surface area contributed by atoms with Crippen molar-refractivity contribution < 1.29 is 4.57 Å². The summed E-state index contributed by atoms with van der Waals surface area (Å²) in [5.74, 6) is 0. The van der Waals surface area contributed by atoms with Gasteiger partial charge in [0.1, 0.15) is 0 Å². The van der Waals surface area contributed by atoms with Gasteiger partial charge in [-0.15, -0.1) is 11.3 Å². The molecule has 2 aromatic heterocycles. The Kier molecular flexibility index (Phi) is 6.64. The van der Waals surface area contributed by atoms with Crippen LogP contribution in [0.25, 0.3) is 64.2 Å². The second-order valence-electron chi connectivity index (χ2n) is 11.9. The van der Waals surface area contributed by atoms with Gasteiger partial charge in [0.25, 0.3) is 0 Å². The van der Waals surface area contributed by atoms with E-state index in [1.807, 2.05) is 84.1 Å². The molecule has 0 saturated carbocycles. The SMILES string of the molecule is O=P(c1ccccc1)(c1ccccc1)c1cccc(-c2ccc(-c3nc4c5ccccc5ccc4c4c3sc3ccccc34)cc2)c1. The highest BCUT2D eigenvalue weighted by atomic mass is 32.1. The normalized spacial score (nSPS) is 11.9. The second-order valence-corrected chi connectivity index (χ2v) is 15.7.